The highest BCUT2D eigenvalue weighted by Gasteiger charge is 2.43. The molecule has 1 aliphatic rings. The molecule has 1 saturated heterocycles. The van der Waals surface area contributed by atoms with Gasteiger partial charge in [-0.1, -0.05) is 18.2 Å². The first-order chi connectivity index (χ1) is 9.93. The zero-order valence-corrected chi connectivity index (χ0v) is 13.5. The first-order valence-corrected chi connectivity index (χ1v) is 6.91. The number of hydrogen-bond donors (Lipinski definition) is 1. The summed E-state index contributed by atoms with van der Waals surface area (Å²) in [7, 11) is 3.23. The van der Waals surface area contributed by atoms with E-state index in [1.165, 1.54) is 4.90 Å². The van der Waals surface area contributed by atoms with Crippen LogP contribution in [0.2, 0.25) is 0 Å². The fourth-order valence-electron chi connectivity index (χ4n) is 2.46. The summed E-state index contributed by atoms with van der Waals surface area (Å²) in [6, 6.07) is 6.78. The first-order valence-electron chi connectivity index (χ1n) is 6.91. The molecule has 22 heavy (non-hydrogen) atoms. The molecule has 0 aromatic heterocycles. The standard InChI is InChI=1S/C15H20F2N2O2.ClH/c1-19(14(20)12-9-15(16,17)10-18-12)8-7-11-5-3-4-6-13(11)21-2;/h3-6,12,18H,7-10H2,1-2H3;1H. The van der Waals surface area contributed by atoms with Crippen LogP contribution in [-0.4, -0.2) is 50.0 Å². The van der Waals surface area contributed by atoms with Crippen LogP contribution in [0.4, 0.5) is 8.78 Å². The van der Waals surface area contributed by atoms with Gasteiger partial charge in [0.1, 0.15) is 5.75 Å². The van der Waals surface area contributed by atoms with Crippen LogP contribution >= 0.6 is 12.4 Å². The van der Waals surface area contributed by atoms with Crippen LogP contribution in [0.5, 0.6) is 5.75 Å². The number of halogens is 3. The van der Waals surface area contributed by atoms with Crippen molar-refractivity contribution >= 4 is 18.3 Å². The molecule has 0 radical (unpaired) electrons. The zero-order chi connectivity index (χ0) is 15.5. The van der Waals surface area contributed by atoms with Crippen LogP contribution in [0.3, 0.4) is 0 Å². The highest BCUT2D eigenvalue weighted by Crippen LogP contribution is 2.26. The monoisotopic (exact) mass is 334 g/mol. The van der Waals surface area contributed by atoms with Crippen molar-refractivity contribution in [2.24, 2.45) is 0 Å². The summed E-state index contributed by atoms with van der Waals surface area (Å²) in [6.45, 7) is 0.0344. The second-order valence-electron chi connectivity index (χ2n) is 5.32. The van der Waals surface area contributed by atoms with E-state index >= 15 is 0 Å². The summed E-state index contributed by atoms with van der Waals surface area (Å²) in [5.74, 6) is -2.31. The fourth-order valence-corrected chi connectivity index (χ4v) is 2.46. The summed E-state index contributed by atoms with van der Waals surface area (Å²) in [5.41, 5.74) is 0.990. The van der Waals surface area contributed by atoms with E-state index in [2.05, 4.69) is 5.32 Å². The molecule has 124 valence electrons. The van der Waals surface area contributed by atoms with Gasteiger partial charge in [-0.05, 0) is 18.1 Å². The smallest absolute Gasteiger partial charge is 0.262 e. The predicted octanol–water partition coefficient (Wildman–Crippen LogP) is 2.12. The van der Waals surface area contributed by atoms with E-state index in [1.807, 2.05) is 24.3 Å². The van der Waals surface area contributed by atoms with Gasteiger partial charge in [0, 0.05) is 20.0 Å². The number of nitrogens with zero attached hydrogens (tertiary/aromatic N) is 1. The number of likely N-dealkylation sites (N-methyl/N-ethyl adjacent to an activating group) is 1. The van der Waals surface area contributed by atoms with Gasteiger partial charge < -0.3 is 9.64 Å². The van der Waals surface area contributed by atoms with Gasteiger partial charge in [-0.25, -0.2) is 8.78 Å². The minimum absolute atomic E-state index is 0. The molecule has 4 nitrogen and oxygen atoms in total. The average molecular weight is 335 g/mol. The SMILES string of the molecule is COc1ccccc1CCN(C)C(=O)C1CC(F)(F)CN1.Cl. The number of hydrogen-bond acceptors (Lipinski definition) is 3. The number of alkyl halides is 2. The number of methoxy groups -OCH3 is 1. The molecule has 1 unspecified atom stereocenters. The van der Waals surface area contributed by atoms with Gasteiger partial charge in [0.05, 0.1) is 19.7 Å². The lowest BCUT2D eigenvalue weighted by Gasteiger charge is -2.21. The van der Waals surface area contributed by atoms with E-state index in [0.717, 1.165) is 11.3 Å². The largest absolute Gasteiger partial charge is 0.496 e. The van der Waals surface area contributed by atoms with Crippen LogP contribution < -0.4 is 10.1 Å². The van der Waals surface area contributed by atoms with E-state index < -0.39 is 24.9 Å². The Morgan fingerprint density at radius 3 is 2.73 bits per heavy atom. The molecular weight excluding hydrogens is 314 g/mol. The van der Waals surface area contributed by atoms with E-state index in [9.17, 15) is 13.6 Å². The van der Waals surface area contributed by atoms with Crippen molar-refractivity contribution in [1.82, 2.24) is 10.2 Å². The number of ether oxygens (including phenoxy) is 1. The van der Waals surface area contributed by atoms with Crippen molar-refractivity contribution in [3.05, 3.63) is 29.8 Å². The lowest BCUT2D eigenvalue weighted by Crippen LogP contribution is -2.42. The van der Waals surface area contributed by atoms with Crippen molar-refractivity contribution in [3.8, 4) is 5.75 Å². The summed E-state index contributed by atoms with van der Waals surface area (Å²) < 4.78 is 31.5. The normalized spacial score (nSPS) is 19.4. The number of para-hydroxylation sites is 1. The van der Waals surface area contributed by atoms with Crippen LogP contribution in [-0.2, 0) is 11.2 Å². The number of nitrogens with one attached hydrogen (secondary N) is 1. The Hall–Kier alpha value is -1.40. The topological polar surface area (TPSA) is 41.6 Å². The van der Waals surface area contributed by atoms with E-state index in [4.69, 9.17) is 4.74 Å². The third-order valence-corrected chi connectivity index (χ3v) is 3.69. The van der Waals surface area contributed by atoms with Crippen LogP contribution in [0.25, 0.3) is 0 Å². The second-order valence-corrected chi connectivity index (χ2v) is 5.32. The van der Waals surface area contributed by atoms with Crippen LogP contribution in [0.15, 0.2) is 24.3 Å². The average Bonchev–Trinajstić information content (AvgIpc) is 2.84. The molecule has 2 rings (SSSR count). The molecular formula is C15H21ClF2N2O2. The molecule has 1 aliphatic heterocycles. The van der Waals surface area contributed by atoms with Gasteiger partial charge in [-0.3, -0.25) is 10.1 Å². The highest BCUT2D eigenvalue weighted by atomic mass is 35.5. The Labute approximate surface area is 135 Å². The minimum Gasteiger partial charge on any atom is -0.496 e. The van der Waals surface area contributed by atoms with Crippen molar-refractivity contribution < 1.29 is 18.3 Å². The van der Waals surface area contributed by atoms with Crippen LogP contribution in [0.1, 0.15) is 12.0 Å². The number of carbonyl (C=O) groups excluding carboxylic acids is 1. The third kappa shape index (κ3) is 4.55. The summed E-state index contributed by atoms with van der Waals surface area (Å²) in [5, 5.41) is 2.58. The Morgan fingerprint density at radius 1 is 1.45 bits per heavy atom. The quantitative estimate of drug-likeness (QED) is 0.896. The zero-order valence-electron chi connectivity index (χ0n) is 12.6. The van der Waals surface area contributed by atoms with Crippen molar-refractivity contribution in [1.29, 1.82) is 0 Å². The lowest BCUT2D eigenvalue weighted by atomic mass is 10.1. The molecule has 0 aliphatic carbocycles. The molecule has 1 aromatic carbocycles. The molecule has 1 fully saturated rings. The Bertz CT molecular complexity index is 514. The maximum absolute atomic E-state index is 13.1. The second kappa shape index (κ2) is 7.74. The van der Waals surface area contributed by atoms with E-state index in [0.29, 0.717) is 13.0 Å². The Morgan fingerprint density at radius 2 is 2.14 bits per heavy atom. The number of carbonyl (C=O) groups is 1. The maximum atomic E-state index is 13.1. The fraction of sp³-hybridized carbons (Fsp3) is 0.533. The van der Waals surface area contributed by atoms with Crippen molar-refractivity contribution in [2.45, 2.75) is 24.8 Å². The number of benzene rings is 1. The molecule has 0 spiro atoms. The lowest BCUT2D eigenvalue weighted by molar-refractivity contribution is -0.132. The minimum atomic E-state index is -2.79. The first kappa shape index (κ1) is 18.6. The molecule has 0 saturated carbocycles. The molecule has 0 bridgehead atoms. The van der Waals surface area contributed by atoms with E-state index in [-0.39, 0.29) is 18.3 Å². The van der Waals surface area contributed by atoms with Gasteiger partial charge in [0.25, 0.3) is 5.92 Å². The van der Waals surface area contributed by atoms with Gasteiger partial charge >= 0.3 is 0 Å². The van der Waals surface area contributed by atoms with E-state index in [1.54, 1.807) is 14.2 Å². The predicted molar refractivity (Wildman–Crippen MR) is 82.9 cm³/mol. The molecule has 1 aromatic rings. The molecule has 1 heterocycles. The third-order valence-electron chi connectivity index (χ3n) is 3.69. The van der Waals surface area contributed by atoms with Gasteiger partial charge in [0.15, 0.2) is 0 Å². The van der Waals surface area contributed by atoms with Gasteiger partial charge in [0.2, 0.25) is 5.91 Å². The molecule has 7 heteroatoms. The molecule has 1 N–H and O–H groups in total. The van der Waals surface area contributed by atoms with Gasteiger partial charge in [-0.15, -0.1) is 12.4 Å². The summed E-state index contributed by atoms with van der Waals surface area (Å²) in [4.78, 5) is 13.6. The highest BCUT2D eigenvalue weighted by molar-refractivity contribution is 5.85. The van der Waals surface area contributed by atoms with Crippen LogP contribution in [0, 0.1) is 0 Å². The maximum Gasteiger partial charge on any atom is 0.262 e. The Balaban J connectivity index is 0.00000242. The molecule has 1 amide bonds. The summed E-state index contributed by atoms with van der Waals surface area (Å²) in [6.07, 6.45) is 0.195. The van der Waals surface area contributed by atoms with Crippen molar-refractivity contribution in [2.75, 3.05) is 27.2 Å². The number of rotatable bonds is 5. The Kier molecular flexibility index (Phi) is 6.56. The van der Waals surface area contributed by atoms with Gasteiger partial charge in [-0.2, -0.15) is 0 Å². The molecule has 1 atom stereocenters. The number of amides is 1. The summed E-state index contributed by atoms with van der Waals surface area (Å²) >= 11 is 0. The van der Waals surface area contributed by atoms with Crippen molar-refractivity contribution in [3.63, 3.8) is 0 Å².